The maximum Gasteiger partial charge on any atom is 0.0889 e. The molecule has 0 unspecified atom stereocenters. The van der Waals surface area contributed by atoms with E-state index < -0.39 is 0 Å². The van der Waals surface area contributed by atoms with E-state index in [-0.39, 0.29) is 0 Å². The van der Waals surface area contributed by atoms with Crippen LogP contribution < -0.4 is 0 Å². The molecule has 3 heteroatoms. The van der Waals surface area contributed by atoms with E-state index in [1.807, 2.05) is 18.3 Å². The van der Waals surface area contributed by atoms with Gasteiger partial charge in [-0.3, -0.25) is 9.97 Å². The summed E-state index contributed by atoms with van der Waals surface area (Å²) in [7, 11) is 0. The summed E-state index contributed by atoms with van der Waals surface area (Å²) in [5.41, 5.74) is 2.98. The second-order valence-electron chi connectivity index (χ2n) is 3.72. The van der Waals surface area contributed by atoms with E-state index in [2.05, 4.69) is 28.8 Å². The Kier molecular flexibility index (Phi) is 2.72. The minimum Gasteiger partial charge on any atom is -0.265 e. The van der Waals surface area contributed by atoms with Gasteiger partial charge < -0.3 is 0 Å². The average molecular weight is 199 g/mol. The predicted molar refractivity (Wildman–Crippen MR) is 59.4 cm³/mol. The molecule has 0 saturated carbocycles. The van der Waals surface area contributed by atoms with Gasteiger partial charge in [0.2, 0.25) is 0 Å². The van der Waals surface area contributed by atoms with Gasteiger partial charge in [-0.05, 0) is 18.1 Å². The van der Waals surface area contributed by atoms with Crippen molar-refractivity contribution in [3.05, 3.63) is 42.6 Å². The van der Waals surface area contributed by atoms with Crippen molar-refractivity contribution < 1.29 is 0 Å². The third-order valence-corrected chi connectivity index (χ3v) is 2.22. The van der Waals surface area contributed by atoms with Crippen molar-refractivity contribution in [2.45, 2.75) is 19.8 Å². The van der Waals surface area contributed by atoms with Gasteiger partial charge in [-0.1, -0.05) is 13.8 Å². The Morgan fingerprint density at radius 1 is 1.00 bits per heavy atom. The molecule has 0 radical (unpaired) electrons. The molecule has 0 saturated heterocycles. The van der Waals surface area contributed by atoms with Crippen LogP contribution in [0.3, 0.4) is 0 Å². The number of pyridine rings is 1. The summed E-state index contributed by atoms with van der Waals surface area (Å²) >= 11 is 0. The molecule has 2 aromatic rings. The largest absolute Gasteiger partial charge is 0.265 e. The second-order valence-corrected chi connectivity index (χ2v) is 3.72. The molecule has 0 atom stereocenters. The quantitative estimate of drug-likeness (QED) is 0.746. The first-order chi connectivity index (χ1) is 7.27. The smallest absolute Gasteiger partial charge is 0.0889 e. The zero-order valence-electron chi connectivity index (χ0n) is 8.88. The van der Waals surface area contributed by atoms with E-state index in [1.165, 1.54) is 0 Å². The van der Waals surface area contributed by atoms with Crippen LogP contribution in [0.2, 0.25) is 0 Å². The molecule has 0 aliphatic heterocycles. The van der Waals surface area contributed by atoms with Crippen LogP contribution in [-0.4, -0.2) is 15.0 Å². The minimum atomic E-state index is 0.402. The first-order valence-electron chi connectivity index (χ1n) is 4.99. The van der Waals surface area contributed by atoms with Crippen LogP contribution in [0.1, 0.15) is 25.5 Å². The Morgan fingerprint density at radius 2 is 1.73 bits per heavy atom. The standard InChI is InChI=1S/C12H13N3/c1-9(2)11-7-14-8-12(15-11)10-3-5-13-6-4-10/h3-9H,1-2H3. The summed E-state index contributed by atoms with van der Waals surface area (Å²) in [6.07, 6.45) is 7.12. The predicted octanol–water partition coefficient (Wildman–Crippen LogP) is 2.66. The van der Waals surface area contributed by atoms with E-state index in [9.17, 15) is 0 Å². The summed E-state index contributed by atoms with van der Waals surface area (Å²) in [5, 5.41) is 0. The Morgan fingerprint density at radius 3 is 2.40 bits per heavy atom. The van der Waals surface area contributed by atoms with E-state index in [0.29, 0.717) is 5.92 Å². The van der Waals surface area contributed by atoms with Gasteiger partial charge in [0.15, 0.2) is 0 Å². The molecule has 15 heavy (non-hydrogen) atoms. The van der Waals surface area contributed by atoms with Crippen molar-refractivity contribution in [2.75, 3.05) is 0 Å². The number of hydrogen-bond acceptors (Lipinski definition) is 3. The zero-order chi connectivity index (χ0) is 10.7. The fourth-order valence-electron chi connectivity index (χ4n) is 1.32. The van der Waals surface area contributed by atoms with Gasteiger partial charge in [0, 0.05) is 24.2 Å². The zero-order valence-corrected chi connectivity index (χ0v) is 8.88. The SMILES string of the molecule is CC(C)c1cncc(-c2ccncc2)n1. The fraction of sp³-hybridized carbons (Fsp3) is 0.250. The first kappa shape index (κ1) is 9.77. The van der Waals surface area contributed by atoms with Crippen LogP contribution in [0, 0.1) is 0 Å². The summed E-state index contributed by atoms with van der Waals surface area (Å²) in [5.74, 6) is 0.402. The molecule has 0 amide bonds. The molecule has 0 fully saturated rings. The third-order valence-electron chi connectivity index (χ3n) is 2.22. The molecule has 0 N–H and O–H groups in total. The average Bonchev–Trinajstić information content (AvgIpc) is 2.30. The van der Waals surface area contributed by atoms with Crippen molar-refractivity contribution in [3.63, 3.8) is 0 Å². The lowest BCUT2D eigenvalue weighted by Gasteiger charge is -2.05. The molecule has 0 aliphatic carbocycles. The normalized spacial score (nSPS) is 10.6. The second kappa shape index (κ2) is 4.17. The molecule has 2 heterocycles. The van der Waals surface area contributed by atoms with Crippen LogP contribution in [0.25, 0.3) is 11.3 Å². The minimum absolute atomic E-state index is 0.402. The number of nitrogens with zero attached hydrogens (tertiary/aromatic N) is 3. The van der Waals surface area contributed by atoms with Crippen LogP contribution in [0.4, 0.5) is 0 Å². The van der Waals surface area contributed by atoms with Gasteiger partial charge in [0.25, 0.3) is 0 Å². The van der Waals surface area contributed by atoms with E-state index in [4.69, 9.17) is 0 Å². The van der Waals surface area contributed by atoms with E-state index >= 15 is 0 Å². The van der Waals surface area contributed by atoms with Crippen LogP contribution >= 0.6 is 0 Å². The Hall–Kier alpha value is -1.77. The van der Waals surface area contributed by atoms with Crippen LogP contribution in [0.15, 0.2) is 36.9 Å². The Bertz CT molecular complexity index is 438. The maximum absolute atomic E-state index is 4.55. The first-order valence-corrected chi connectivity index (χ1v) is 4.99. The molecule has 0 spiro atoms. The summed E-state index contributed by atoms with van der Waals surface area (Å²) in [4.78, 5) is 12.7. The highest BCUT2D eigenvalue weighted by Crippen LogP contribution is 2.17. The Labute approximate surface area is 89.2 Å². The molecule has 0 aliphatic rings. The molecule has 0 aromatic carbocycles. The van der Waals surface area contributed by atoms with Crippen molar-refractivity contribution in [2.24, 2.45) is 0 Å². The molecular formula is C12H13N3. The van der Waals surface area contributed by atoms with Gasteiger partial charge in [-0.15, -0.1) is 0 Å². The maximum atomic E-state index is 4.55. The van der Waals surface area contributed by atoms with E-state index in [1.54, 1.807) is 18.6 Å². The highest BCUT2D eigenvalue weighted by molar-refractivity contribution is 5.56. The molecule has 2 rings (SSSR count). The van der Waals surface area contributed by atoms with Crippen LogP contribution in [0.5, 0.6) is 0 Å². The summed E-state index contributed by atoms with van der Waals surface area (Å²) < 4.78 is 0. The van der Waals surface area contributed by atoms with Gasteiger partial charge in [-0.2, -0.15) is 0 Å². The highest BCUT2D eigenvalue weighted by atomic mass is 14.8. The number of rotatable bonds is 2. The van der Waals surface area contributed by atoms with E-state index in [0.717, 1.165) is 17.0 Å². The topological polar surface area (TPSA) is 38.7 Å². The molecular weight excluding hydrogens is 186 g/mol. The van der Waals surface area contributed by atoms with Crippen LogP contribution in [-0.2, 0) is 0 Å². The van der Waals surface area contributed by atoms with Gasteiger partial charge in [0.05, 0.1) is 17.6 Å². The fourth-order valence-corrected chi connectivity index (χ4v) is 1.32. The number of aromatic nitrogens is 3. The highest BCUT2D eigenvalue weighted by Gasteiger charge is 2.04. The van der Waals surface area contributed by atoms with Crippen molar-refractivity contribution in [3.8, 4) is 11.3 Å². The molecule has 76 valence electrons. The van der Waals surface area contributed by atoms with Crippen molar-refractivity contribution >= 4 is 0 Å². The van der Waals surface area contributed by atoms with Crippen molar-refractivity contribution in [1.82, 2.24) is 15.0 Å². The Balaban J connectivity index is 2.42. The van der Waals surface area contributed by atoms with Gasteiger partial charge >= 0.3 is 0 Å². The number of hydrogen-bond donors (Lipinski definition) is 0. The summed E-state index contributed by atoms with van der Waals surface area (Å²) in [6, 6.07) is 3.88. The molecule has 0 bridgehead atoms. The summed E-state index contributed by atoms with van der Waals surface area (Å²) in [6.45, 7) is 4.22. The lowest BCUT2D eigenvalue weighted by Crippen LogP contribution is -1.95. The molecule has 2 aromatic heterocycles. The lowest BCUT2D eigenvalue weighted by atomic mass is 10.1. The molecule has 3 nitrogen and oxygen atoms in total. The lowest BCUT2D eigenvalue weighted by molar-refractivity contribution is 0.814. The van der Waals surface area contributed by atoms with Gasteiger partial charge in [0.1, 0.15) is 0 Å². The third kappa shape index (κ3) is 2.18. The van der Waals surface area contributed by atoms with Gasteiger partial charge in [-0.25, -0.2) is 4.98 Å². The monoisotopic (exact) mass is 199 g/mol. The van der Waals surface area contributed by atoms with Crippen molar-refractivity contribution in [1.29, 1.82) is 0 Å².